The van der Waals surface area contributed by atoms with Gasteiger partial charge in [-0.1, -0.05) is 60.7 Å². The SMILES string of the molecule is Cl.O=[N+]([O-])c1cccc(/C=C/C2=CCN(CC(O)c3ccccc3)CC2)c1. The summed E-state index contributed by atoms with van der Waals surface area (Å²) in [5, 5.41) is 21.2. The van der Waals surface area contributed by atoms with E-state index in [0.29, 0.717) is 6.54 Å². The molecule has 1 unspecified atom stereocenters. The van der Waals surface area contributed by atoms with Crippen molar-refractivity contribution in [1.29, 1.82) is 0 Å². The molecule has 0 fully saturated rings. The second kappa shape index (κ2) is 10.0. The maximum Gasteiger partial charge on any atom is 0.270 e. The van der Waals surface area contributed by atoms with Gasteiger partial charge in [0, 0.05) is 31.8 Å². The van der Waals surface area contributed by atoms with E-state index in [1.54, 1.807) is 12.1 Å². The van der Waals surface area contributed by atoms with Crippen LogP contribution in [0.5, 0.6) is 0 Å². The molecule has 142 valence electrons. The van der Waals surface area contributed by atoms with Crippen LogP contribution in [0.15, 0.2) is 72.3 Å². The smallest absolute Gasteiger partial charge is 0.270 e. The Morgan fingerprint density at radius 1 is 1.15 bits per heavy atom. The van der Waals surface area contributed by atoms with Crippen LogP contribution in [0.1, 0.15) is 23.7 Å². The van der Waals surface area contributed by atoms with Crippen LogP contribution in [0.3, 0.4) is 0 Å². The van der Waals surface area contributed by atoms with Gasteiger partial charge in [-0.2, -0.15) is 0 Å². The summed E-state index contributed by atoms with van der Waals surface area (Å²) in [4.78, 5) is 12.7. The molecule has 0 bridgehead atoms. The molecule has 6 heteroatoms. The lowest BCUT2D eigenvalue weighted by molar-refractivity contribution is -0.384. The lowest BCUT2D eigenvalue weighted by atomic mass is 10.0. The Labute approximate surface area is 165 Å². The van der Waals surface area contributed by atoms with E-state index in [9.17, 15) is 15.2 Å². The van der Waals surface area contributed by atoms with E-state index in [2.05, 4.69) is 11.0 Å². The molecule has 1 N–H and O–H groups in total. The number of rotatable bonds is 6. The monoisotopic (exact) mass is 386 g/mol. The van der Waals surface area contributed by atoms with E-state index < -0.39 is 6.10 Å². The fourth-order valence-corrected chi connectivity index (χ4v) is 3.01. The van der Waals surface area contributed by atoms with E-state index >= 15 is 0 Å². The second-order valence-electron chi connectivity index (χ2n) is 6.40. The Bertz CT molecular complexity index is 821. The first-order valence-corrected chi connectivity index (χ1v) is 8.69. The van der Waals surface area contributed by atoms with Crippen molar-refractivity contribution in [2.24, 2.45) is 0 Å². The van der Waals surface area contributed by atoms with Crippen molar-refractivity contribution in [2.45, 2.75) is 12.5 Å². The van der Waals surface area contributed by atoms with Crippen LogP contribution in [-0.4, -0.2) is 34.6 Å². The summed E-state index contributed by atoms with van der Waals surface area (Å²) in [6, 6.07) is 16.3. The largest absolute Gasteiger partial charge is 0.387 e. The zero-order valence-electron chi connectivity index (χ0n) is 14.9. The maximum atomic E-state index is 10.8. The summed E-state index contributed by atoms with van der Waals surface area (Å²) < 4.78 is 0. The third kappa shape index (κ3) is 6.03. The number of halogens is 1. The topological polar surface area (TPSA) is 66.6 Å². The van der Waals surface area contributed by atoms with Gasteiger partial charge >= 0.3 is 0 Å². The zero-order chi connectivity index (χ0) is 18.4. The third-order valence-electron chi connectivity index (χ3n) is 4.51. The highest BCUT2D eigenvalue weighted by atomic mass is 35.5. The molecular weight excluding hydrogens is 364 g/mol. The predicted molar refractivity (Wildman–Crippen MR) is 110 cm³/mol. The molecule has 2 aromatic carbocycles. The molecule has 0 aliphatic carbocycles. The van der Waals surface area contributed by atoms with Crippen molar-refractivity contribution in [1.82, 2.24) is 4.90 Å². The fourth-order valence-electron chi connectivity index (χ4n) is 3.01. The first-order valence-electron chi connectivity index (χ1n) is 8.69. The average molecular weight is 387 g/mol. The summed E-state index contributed by atoms with van der Waals surface area (Å²) >= 11 is 0. The number of hydrogen-bond acceptors (Lipinski definition) is 4. The van der Waals surface area contributed by atoms with E-state index in [1.165, 1.54) is 11.6 Å². The lowest BCUT2D eigenvalue weighted by Crippen LogP contribution is -2.32. The first-order chi connectivity index (χ1) is 12.6. The standard InChI is InChI=1S/C21H22N2O3.ClH/c24-21(19-6-2-1-3-7-19)16-22-13-11-17(12-14-22)9-10-18-5-4-8-20(15-18)23(25)26;/h1-11,15,21,24H,12-14,16H2;1H/b10-9+;. The minimum absolute atomic E-state index is 0. The van der Waals surface area contributed by atoms with Gasteiger partial charge in [-0.15, -0.1) is 12.4 Å². The molecular formula is C21H23ClN2O3. The van der Waals surface area contributed by atoms with Gasteiger partial charge in [-0.25, -0.2) is 0 Å². The van der Waals surface area contributed by atoms with E-state index in [4.69, 9.17) is 0 Å². The van der Waals surface area contributed by atoms with Crippen molar-refractivity contribution in [3.05, 3.63) is 93.6 Å². The highest BCUT2D eigenvalue weighted by molar-refractivity contribution is 5.85. The normalized spacial score (nSPS) is 15.8. The van der Waals surface area contributed by atoms with Crippen LogP contribution in [0.2, 0.25) is 0 Å². The Kier molecular flexibility index (Phi) is 7.73. The maximum absolute atomic E-state index is 10.8. The van der Waals surface area contributed by atoms with Gasteiger partial charge in [0.2, 0.25) is 0 Å². The van der Waals surface area contributed by atoms with Gasteiger partial charge in [0.15, 0.2) is 0 Å². The molecule has 3 rings (SSSR count). The molecule has 0 saturated heterocycles. The van der Waals surface area contributed by atoms with Gasteiger partial charge in [0.05, 0.1) is 11.0 Å². The summed E-state index contributed by atoms with van der Waals surface area (Å²) in [5.74, 6) is 0. The number of aliphatic hydroxyl groups is 1. The number of benzene rings is 2. The Morgan fingerprint density at radius 2 is 1.93 bits per heavy atom. The summed E-state index contributed by atoms with van der Waals surface area (Å²) in [6.07, 6.45) is 6.49. The van der Waals surface area contributed by atoms with Crippen molar-refractivity contribution < 1.29 is 10.0 Å². The number of nitro benzene ring substituents is 1. The summed E-state index contributed by atoms with van der Waals surface area (Å²) in [7, 11) is 0. The quantitative estimate of drug-likeness (QED) is 0.590. The van der Waals surface area contributed by atoms with Crippen LogP contribution in [0, 0.1) is 10.1 Å². The number of nitro groups is 1. The fraction of sp³-hybridized carbons (Fsp3) is 0.238. The first kappa shape index (κ1) is 20.8. The van der Waals surface area contributed by atoms with E-state index in [0.717, 1.165) is 30.6 Å². The molecule has 0 amide bonds. The highest BCUT2D eigenvalue weighted by Crippen LogP contribution is 2.19. The van der Waals surface area contributed by atoms with Crippen molar-refractivity contribution in [3.63, 3.8) is 0 Å². The number of nitrogens with zero attached hydrogens (tertiary/aromatic N) is 2. The average Bonchev–Trinajstić information content (AvgIpc) is 2.68. The highest BCUT2D eigenvalue weighted by Gasteiger charge is 2.15. The molecule has 0 aromatic heterocycles. The molecule has 0 saturated carbocycles. The van der Waals surface area contributed by atoms with Crippen LogP contribution < -0.4 is 0 Å². The van der Waals surface area contributed by atoms with E-state index in [-0.39, 0.29) is 23.0 Å². The predicted octanol–water partition coefficient (Wildman–Crippen LogP) is 4.40. The van der Waals surface area contributed by atoms with Gasteiger partial charge in [-0.3, -0.25) is 15.0 Å². The molecule has 1 aliphatic rings. The Morgan fingerprint density at radius 3 is 2.59 bits per heavy atom. The molecule has 1 heterocycles. The van der Waals surface area contributed by atoms with Crippen LogP contribution in [0.25, 0.3) is 6.08 Å². The molecule has 1 aliphatic heterocycles. The second-order valence-corrected chi connectivity index (χ2v) is 6.40. The molecule has 27 heavy (non-hydrogen) atoms. The van der Waals surface area contributed by atoms with Crippen LogP contribution in [0.4, 0.5) is 5.69 Å². The molecule has 5 nitrogen and oxygen atoms in total. The molecule has 0 radical (unpaired) electrons. The van der Waals surface area contributed by atoms with Crippen molar-refractivity contribution in [3.8, 4) is 0 Å². The number of aliphatic hydroxyl groups excluding tert-OH is 1. The van der Waals surface area contributed by atoms with Crippen LogP contribution in [-0.2, 0) is 0 Å². The summed E-state index contributed by atoms with van der Waals surface area (Å²) in [6.45, 7) is 2.29. The minimum Gasteiger partial charge on any atom is -0.387 e. The molecule has 0 spiro atoms. The zero-order valence-corrected chi connectivity index (χ0v) is 15.7. The molecule has 2 aromatic rings. The van der Waals surface area contributed by atoms with Crippen molar-refractivity contribution in [2.75, 3.05) is 19.6 Å². The van der Waals surface area contributed by atoms with Gasteiger partial charge < -0.3 is 5.11 Å². The lowest BCUT2D eigenvalue weighted by Gasteiger charge is -2.27. The number of allylic oxidation sites excluding steroid dienone is 1. The van der Waals surface area contributed by atoms with Gasteiger partial charge in [0.25, 0.3) is 5.69 Å². The van der Waals surface area contributed by atoms with E-state index in [1.807, 2.05) is 48.6 Å². The van der Waals surface area contributed by atoms with Crippen LogP contribution >= 0.6 is 12.4 Å². The summed E-state index contributed by atoms with van der Waals surface area (Å²) in [5.41, 5.74) is 3.07. The van der Waals surface area contributed by atoms with Gasteiger partial charge in [0.1, 0.15) is 0 Å². The Hall–Kier alpha value is -2.47. The Balaban J connectivity index is 0.00000261. The van der Waals surface area contributed by atoms with Crippen molar-refractivity contribution >= 4 is 24.2 Å². The number of β-amino-alcohol motifs (C(OH)–C–C–N with tert-alkyl or cyclic N) is 1. The molecule has 1 atom stereocenters. The number of hydrogen-bond donors (Lipinski definition) is 1. The minimum atomic E-state index is -0.480. The number of non-ortho nitro benzene ring substituents is 1. The van der Waals surface area contributed by atoms with Gasteiger partial charge in [-0.05, 0) is 23.1 Å². The third-order valence-corrected chi connectivity index (χ3v) is 4.51.